The molecule has 1 N–H and O–H groups in total. The molecule has 1 heterocycles. The van der Waals surface area contributed by atoms with Crippen LogP contribution in [0.5, 0.6) is 5.75 Å². The van der Waals surface area contributed by atoms with Gasteiger partial charge in [-0.25, -0.2) is 4.79 Å². The maximum absolute atomic E-state index is 11.7. The first-order chi connectivity index (χ1) is 8.88. The van der Waals surface area contributed by atoms with Crippen molar-refractivity contribution in [1.82, 2.24) is 4.57 Å². The van der Waals surface area contributed by atoms with Crippen LogP contribution in [0.25, 0.3) is 10.9 Å². The number of halogens is 1. The predicted molar refractivity (Wildman–Crippen MR) is 71.4 cm³/mol. The normalized spacial score (nSPS) is 10.7. The van der Waals surface area contributed by atoms with Crippen molar-refractivity contribution in [1.29, 1.82) is 0 Å². The third-order valence-electron chi connectivity index (χ3n) is 3.03. The molecular weight excluding hydrogens is 270 g/mol. The van der Waals surface area contributed by atoms with Crippen molar-refractivity contribution in [2.75, 3.05) is 7.11 Å². The quantitative estimate of drug-likeness (QED) is 0.878. The van der Waals surface area contributed by atoms with Crippen LogP contribution < -0.4 is 4.74 Å². The molecule has 2 aromatic rings. The zero-order chi connectivity index (χ0) is 14.3. The molecular formula is C13H12ClNO4. The second-order valence-corrected chi connectivity index (χ2v) is 4.56. The van der Waals surface area contributed by atoms with Gasteiger partial charge < -0.3 is 14.4 Å². The Bertz CT molecular complexity index is 702. The van der Waals surface area contributed by atoms with E-state index in [2.05, 4.69) is 0 Å². The Labute approximate surface area is 114 Å². The Hall–Kier alpha value is -2.01. The second-order valence-electron chi connectivity index (χ2n) is 4.15. The van der Waals surface area contributed by atoms with Crippen LogP contribution in [-0.4, -0.2) is 28.5 Å². The Kier molecular flexibility index (Phi) is 3.24. The van der Waals surface area contributed by atoms with Gasteiger partial charge >= 0.3 is 5.97 Å². The fourth-order valence-electron chi connectivity index (χ4n) is 2.20. The van der Waals surface area contributed by atoms with Crippen molar-refractivity contribution in [3.63, 3.8) is 0 Å². The molecule has 0 spiro atoms. The SMILES string of the molecule is COc1cc2c(C(C)=O)c(C(=O)O)n(C)c2cc1Cl. The number of carboxylic acids is 1. The van der Waals surface area contributed by atoms with Gasteiger partial charge in [-0.1, -0.05) is 11.6 Å². The summed E-state index contributed by atoms with van der Waals surface area (Å²) in [7, 11) is 3.04. The van der Waals surface area contributed by atoms with Crippen molar-refractivity contribution in [2.45, 2.75) is 6.92 Å². The molecule has 2 rings (SSSR count). The Morgan fingerprint density at radius 3 is 2.47 bits per heavy atom. The van der Waals surface area contributed by atoms with Gasteiger partial charge in [0.1, 0.15) is 11.4 Å². The molecule has 0 aliphatic carbocycles. The highest BCUT2D eigenvalue weighted by molar-refractivity contribution is 6.33. The molecule has 0 bridgehead atoms. The van der Waals surface area contributed by atoms with Gasteiger partial charge in [-0.05, 0) is 19.1 Å². The largest absolute Gasteiger partial charge is 0.495 e. The number of ketones is 1. The highest BCUT2D eigenvalue weighted by atomic mass is 35.5. The zero-order valence-corrected chi connectivity index (χ0v) is 11.4. The van der Waals surface area contributed by atoms with Crippen molar-refractivity contribution >= 4 is 34.3 Å². The standard InChI is InChI=1S/C13H12ClNO4/c1-6(16)11-7-4-10(19-3)8(14)5-9(7)15(2)12(11)13(17)18/h4-5H,1-3H3,(H,17,18). The minimum atomic E-state index is -1.15. The van der Waals surface area contributed by atoms with Crippen molar-refractivity contribution < 1.29 is 19.4 Å². The molecule has 0 saturated carbocycles. The molecule has 0 amide bonds. The van der Waals surface area contributed by atoms with Gasteiger partial charge in [0, 0.05) is 12.4 Å². The number of hydrogen-bond donors (Lipinski definition) is 1. The summed E-state index contributed by atoms with van der Waals surface area (Å²) in [6, 6.07) is 3.18. The summed E-state index contributed by atoms with van der Waals surface area (Å²) in [6.45, 7) is 1.34. The number of ether oxygens (including phenoxy) is 1. The van der Waals surface area contributed by atoms with E-state index in [-0.39, 0.29) is 17.0 Å². The van der Waals surface area contributed by atoms with Crippen LogP contribution >= 0.6 is 11.6 Å². The lowest BCUT2D eigenvalue weighted by molar-refractivity contribution is 0.0682. The van der Waals surface area contributed by atoms with Crippen LogP contribution in [0, 0.1) is 0 Å². The van der Waals surface area contributed by atoms with Crippen molar-refractivity contribution in [3.05, 3.63) is 28.4 Å². The van der Waals surface area contributed by atoms with Gasteiger partial charge in [0.2, 0.25) is 0 Å². The van der Waals surface area contributed by atoms with Crippen LogP contribution in [0.3, 0.4) is 0 Å². The first-order valence-corrected chi connectivity index (χ1v) is 5.86. The lowest BCUT2D eigenvalue weighted by Crippen LogP contribution is -2.09. The maximum atomic E-state index is 11.7. The molecule has 0 aliphatic heterocycles. The number of carboxylic acid groups (broad SMARTS) is 1. The van der Waals surface area contributed by atoms with E-state index in [1.165, 1.54) is 18.6 Å². The lowest BCUT2D eigenvalue weighted by atomic mass is 10.1. The molecule has 0 saturated heterocycles. The topological polar surface area (TPSA) is 68.5 Å². The van der Waals surface area contributed by atoms with Gasteiger partial charge in [0.05, 0.1) is 23.2 Å². The molecule has 0 aliphatic rings. The summed E-state index contributed by atoms with van der Waals surface area (Å²) < 4.78 is 6.54. The van der Waals surface area contributed by atoms with Crippen LogP contribution in [0.15, 0.2) is 12.1 Å². The lowest BCUT2D eigenvalue weighted by Gasteiger charge is -2.04. The Balaban J connectivity index is 2.98. The van der Waals surface area contributed by atoms with Crippen LogP contribution in [0.1, 0.15) is 27.8 Å². The highest BCUT2D eigenvalue weighted by Crippen LogP contribution is 2.34. The summed E-state index contributed by atoms with van der Waals surface area (Å²) >= 11 is 6.03. The highest BCUT2D eigenvalue weighted by Gasteiger charge is 2.24. The van der Waals surface area contributed by atoms with Gasteiger partial charge in [0.15, 0.2) is 5.78 Å². The average molecular weight is 282 g/mol. The smallest absolute Gasteiger partial charge is 0.353 e. The van der Waals surface area contributed by atoms with Gasteiger partial charge in [-0.15, -0.1) is 0 Å². The minimum absolute atomic E-state index is 0.0492. The number of carbonyl (C=O) groups is 2. The van der Waals surface area contributed by atoms with E-state index in [9.17, 15) is 14.7 Å². The molecule has 1 aromatic heterocycles. The number of nitrogens with zero attached hydrogens (tertiary/aromatic N) is 1. The fraction of sp³-hybridized carbons (Fsp3) is 0.231. The van der Waals surface area contributed by atoms with Crippen LogP contribution in [0.4, 0.5) is 0 Å². The van der Waals surface area contributed by atoms with Gasteiger partial charge in [0.25, 0.3) is 0 Å². The van der Waals surface area contributed by atoms with Crippen molar-refractivity contribution in [2.24, 2.45) is 7.05 Å². The molecule has 0 unspecified atom stereocenters. The summed E-state index contributed by atoms with van der Waals surface area (Å²) in [5, 5.41) is 10.1. The molecule has 19 heavy (non-hydrogen) atoms. The molecule has 5 nitrogen and oxygen atoms in total. The first-order valence-electron chi connectivity index (χ1n) is 5.48. The summed E-state index contributed by atoms with van der Waals surface area (Å²) in [5.74, 6) is -1.06. The number of rotatable bonds is 3. The second kappa shape index (κ2) is 4.59. The number of fused-ring (bicyclic) bond motifs is 1. The maximum Gasteiger partial charge on any atom is 0.353 e. The Morgan fingerprint density at radius 1 is 1.37 bits per heavy atom. The third-order valence-corrected chi connectivity index (χ3v) is 3.32. The molecule has 1 aromatic carbocycles. The third kappa shape index (κ3) is 1.96. The average Bonchev–Trinajstić information content (AvgIpc) is 2.61. The fourth-order valence-corrected chi connectivity index (χ4v) is 2.43. The summed E-state index contributed by atoms with van der Waals surface area (Å²) in [4.78, 5) is 23.1. The van der Waals surface area contributed by atoms with E-state index in [0.29, 0.717) is 21.7 Å². The first kappa shape index (κ1) is 13.4. The van der Waals surface area contributed by atoms with E-state index in [1.54, 1.807) is 19.2 Å². The van der Waals surface area contributed by atoms with E-state index in [4.69, 9.17) is 16.3 Å². The van der Waals surface area contributed by atoms with E-state index < -0.39 is 5.97 Å². The Morgan fingerprint density at radius 2 is 2.00 bits per heavy atom. The van der Waals surface area contributed by atoms with E-state index in [0.717, 1.165) is 0 Å². The molecule has 6 heteroatoms. The molecule has 0 radical (unpaired) electrons. The van der Waals surface area contributed by atoms with E-state index >= 15 is 0 Å². The molecule has 100 valence electrons. The number of aromatic carboxylic acids is 1. The van der Waals surface area contributed by atoms with E-state index in [1.807, 2.05) is 0 Å². The molecule has 0 fully saturated rings. The monoisotopic (exact) mass is 281 g/mol. The number of Topliss-reactive ketones (excluding diaryl/α,β-unsaturated/α-hetero) is 1. The van der Waals surface area contributed by atoms with Crippen LogP contribution in [-0.2, 0) is 7.05 Å². The summed E-state index contributed by atoms with van der Waals surface area (Å²) in [5.41, 5.74) is 0.695. The zero-order valence-electron chi connectivity index (χ0n) is 10.7. The summed E-state index contributed by atoms with van der Waals surface area (Å²) in [6.07, 6.45) is 0. The van der Waals surface area contributed by atoms with Crippen molar-refractivity contribution in [3.8, 4) is 5.75 Å². The number of carbonyl (C=O) groups excluding carboxylic acids is 1. The number of aromatic nitrogens is 1. The molecule has 0 atom stereocenters. The number of benzene rings is 1. The van der Waals surface area contributed by atoms with Gasteiger partial charge in [-0.3, -0.25) is 4.79 Å². The minimum Gasteiger partial charge on any atom is -0.495 e. The number of methoxy groups -OCH3 is 1. The number of hydrogen-bond acceptors (Lipinski definition) is 3. The number of aryl methyl sites for hydroxylation is 1. The predicted octanol–water partition coefficient (Wildman–Crippen LogP) is 2.74. The van der Waals surface area contributed by atoms with Crippen LogP contribution in [0.2, 0.25) is 5.02 Å². The van der Waals surface area contributed by atoms with Gasteiger partial charge in [-0.2, -0.15) is 0 Å².